The molecule has 2 rings (SSSR count). The minimum Gasteiger partial charge on any atom is -0.379 e. The van der Waals surface area contributed by atoms with Crippen LogP contribution in [0.5, 0.6) is 0 Å². The Balaban J connectivity index is 1.67. The molecule has 1 fully saturated rings. The van der Waals surface area contributed by atoms with Gasteiger partial charge in [0.1, 0.15) is 0 Å². The molecule has 2 nitrogen and oxygen atoms in total. The van der Waals surface area contributed by atoms with E-state index in [0.29, 0.717) is 6.61 Å². The third kappa shape index (κ3) is 4.63. The van der Waals surface area contributed by atoms with Gasteiger partial charge in [0.2, 0.25) is 0 Å². The highest BCUT2D eigenvalue weighted by atomic mass is 16.5. The average Bonchev–Trinajstić information content (AvgIpc) is 2.37. The summed E-state index contributed by atoms with van der Waals surface area (Å²) in [4.78, 5) is 0. The van der Waals surface area contributed by atoms with Gasteiger partial charge in [0, 0.05) is 6.61 Å². The van der Waals surface area contributed by atoms with Gasteiger partial charge >= 0.3 is 0 Å². The average molecular weight is 261 g/mol. The van der Waals surface area contributed by atoms with E-state index >= 15 is 0 Å². The van der Waals surface area contributed by atoms with Gasteiger partial charge in [-0.05, 0) is 29.9 Å². The van der Waals surface area contributed by atoms with Crippen LogP contribution in [0.1, 0.15) is 56.2 Å². The molecule has 1 aromatic carbocycles. The van der Waals surface area contributed by atoms with Crippen LogP contribution in [0.15, 0.2) is 24.3 Å². The molecule has 106 valence electrons. The molecule has 0 amide bonds. The lowest BCUT2D eigenvalue weighted by molar-refractivity contribution is 0.0962. The van der Waals surface area contributed by atoms with Gasteiger partial charge in [-0.25, -0.2) is 0 Å². The summed E-state index contributed by atoms with van der Waals surface area (Å²) < 4.78 is 5.71. The molecule has 0 heterocycles. The first-order chi connectivity index (χ1) is 9.29. The van der Waals surface area contributed by atoms with E-state index in [4.69, 9.17) is 10.5 Å². The molecule has 0 radical (unpaired) electrons. The Labute approximate surface area is 117 Å². The van der Waals surface area contributed by atoms with E-state index in [2.05, 4.69) is 31.2 Å². The van der Waals surface area contributed by atoms with E-state index < -0.39 is 0 Å². The van der Waals surface area contributed by atoms with Crippen molar-refractivity contribution in [1.29, 1.82) is 0 Å². The van der Waals surface area contributed by atoms with E-state index in [1.54, 1.807) is 0 Å². The molecule has 0 saturated heterocycles. The number of hydrogen-bond donors (Lipinski definition) is 1. The van der Waals surface area contributed by atoms with Crippen molar-refractivity contribution in [2.75, 3.05) is 13.2 Å². The van der Waals surface area contributed by atoms with Crippen molar-refractivity contribution in [2.45, 2.75) is 51.5 Å². The minimum absolute atomic E-state index is 0.0112. The third-order valence-electron chi connectivity index (χ3n) is 4.14. The number of rotatable bonds is 8. The highest BCUT2D eigenvalue weighted by Crippen LogP contribution is 2.29. The number of nitrogens with two attached hydrogens (primary N) is 1. The van der Waals surface area contributed by atoms with Crippen LogP contribution in [-0.4, -0.2) is 13.2 Å². The van der Waals surface area contributed by atoms with Gasteiger partial charge in [0.25, 0.3) is 0 Å². The first-order valence-corrected chi connectivity index (χ1v) is 7.71. The second kappa shape index (κ2) is 7.66. The van der Waals surface area contributed by atoms with Crippen molar-refractivity contribution < 1.29 is 4.74 Å². The molecule has 2 N–H and O–H groups in total. The zero-order valence-electron chi connectivity index (χ0n) is 12.1. The van der Waals surface area contributed by atoms with Gasteiger partial charge in [-0.2, -0.15) is 0 Å². The summed E-state index contributed by atoms with van der Waals surface area (Å²) in [6.45, 7) is 3.71. The molecule has 2 heteroatoms. The van der Waals surface area contributed by atoms with Gasteiger partial charge in [-0.15, -0.1) is 0 Å². The highest BCUT2D eigenvalue weighted by Gasteiger charge is 2.16. The molecule has 0 aliphatic heterocycles. The van der Waals surface area contributed by atoms with Gasteiger partial charge in [-0.1, -0.05) is 56.9 Å². The molecule has 1 aliphatic carbocycles. The van der Waals surface area contributed by atoms with E-state index in [9.17, 15) is 0 Å². The molecular weight excluding hydrogens is 234 g/mol. The van der Waals surface area contributed by atoms with Crippen molar-refractivity contribution in [3.63, 3.8) is 0 Å². The maximum absolute atomic E-state index is 6.16. The summed E-state index contributed by atoms with van der Waals surface area (Å²) in [5.41, 5.74) is 8.73. The van der Waals surface area contributed by atoms with Crippen LogP contribution in [0.2, 0.25) is 0 Å². The summed E-state index contributed by atoms with van der Waals surface area (Å²) >= 11 is 0. The summed E-state index contributed by atoms with van der Waals surface area (Å²) in [5.74, 6) is 0.921. The summed E-state index contributed by atoms with van der Waals surface area (Å²) in [6.07, 6.45) is 7.75. The lowest BCUT2D eigenvalue weighted by atomic mass is 9.83. The van der Waals surface area contributed by atoms with E-state index in [1.807, 2.05) is 0 Å². The van der Waals surface area contributed by atoms with Crippen molar-refractivity contribution in [3.8, 4) is 0 Å². The lowest BCUT2D eigenvalue weighted by Gasteiger charge is -2.25. The predicted octanol–water partition coefficient (Wildman–Crippen LogP) is 3.85. The lowest BCUT2D eigenvalue weighted by Crippen LogP contribution is -2.19. The number of hydrogen-bond acceptors (Lipinski definition) is 2. The summed E-state index contributed by atoms with van der Waals surface area (Å²) in [5, 5.41) is 0. The topological polar surface area (TPSA) is 35.2 Å². The first-order valence-electron chi connectivity index (χ1n) is 7.71. The minimum atomic E-state index is 0.0112. The summed E-state index contributed by atoms with van der Waals surface area (Å²) in [7, 11) is 0. The number of benzene rings is 1. The van der Waals surface area contributed by atoms with E-state index in [-0.39, 0.29) is 6.04 Å². The van der Waals surface area contributed by atoms with Crippen LogP contribution < -0.4 is 5.73 Å². The van der Waals surface area contributed by atoms with Gasteiger partial charge < -0.3 is 10.5 Å². The molecule has 0 aromatic heterocycles. The van der Waals surface area contributed by atoms with E-state index in [1.165, 1.54) is 43.2 Å². The van der Waals surface area contributed by atoms with Crippen molar-refractivity contribution in [2.24, 2.45) is 11.7 Å². The van der Waals surface area contributed by atoms with Crippen molar-refractivity contribution >= 4 is 0 Å². The molecule has 0 bridgehead atoms. The molecular formula is C17H27NO. The standard InChI is InChI=1S/C17H27NO/c1-2-4-14-7-9-16(10-8-14)17(18)13-19-12-11-15-5-3-6-15/h7-10,15,17H,2-6,11-13,18H2,1H3. The molecule has 1 unspecified atom stereocenters. The number of ether oxygens (including phenoxy) is 1. The van der Waals surface area contributed by atoms with E-state index in [0.717, 1.165) is 18.9 Å². The Morgan fingerprint density at radius 2 is 2.00 bits per heavy atom. The zero-order valence-corrected chi connectivity index (χ0v) is 12.1. The summed E-state index contributed by atoms with van der Waals surface area (Å²) in [6, 6.07) is 8.67. The van der Waals surface area contributed by atoms with Crippen LogP contribution in [0.25, 0.3) is 0 Å². The zero-order chi connectivity index (χ0) is 13.5. The fourth-order valence-corrected chi connectivity index (χ4v) is 2.56. The Morgan fingerprint density at radius 1 is 1.26 bits per heavy atom. The Bertz CT molecular complexity index is 356. The second-order valence-corrected chi connectivity index (χ2v) is 5.76. The van der Waals surface area contributed by atoms with Gasteiger partial charge in [0.05, 0.1) is 12.6 Å². The molecule has 1 saturated carbocycles. The SMILES string of the molecule is CCCc1ccc(C(N)COCCC2CCC2)cc1. The monoisotopic (exact) mass is 261 g/mol. The maximum atomic E-state index is 6.16. The van der Waals surface area contributed by atoms with Crippen LogP contribution in [0.3, 0.4) is 0 Å². The Morgan fingerprint density at radius 3 is 2.58 bits per heavy atom. The molecule has 19 heavy (non-hydrogen) atoms. The molecule has 0 spiro atoms. The van der Waals surface area contributed by atoms with Gasteiger partial charge in [0.15, 0.2) is 0 Å². The van der Waals surface area contributed by atoms with Crippen LogP contribution in [0.4, 0.5) is 0 Å². The number of aryl methyl sites for hydroxylation is 1. The second-order valence-electron chi connectivity index (χ2n) is 5.76. The highest BCUT2D eigenvalue weighted by molar-refractivity contribution is 5.24. The Hall–Kier alpha value is -0.860. The Kier molecular flexibility index (Phi) is 5.87. The van der Waals surface area contributed by atoms with Crippen molar-refractivity contribution in [1.82, 2.24) is 0 Å². The predicted molar refractivity (Wildman–Crippen MR) is 80.1 cm³/mol. The fourth-order valence-electron chi connectivity index (χ4n) is 2.56. The third-order valence-corrected chi connectivity index (χ3v) is 4.14. The quantitative estimate of drug-likeness (QED) is 0.721. The van der Waals surface area contributed by atoms with Gasteiger partial charge in [-0.3, -0.25) is 0 Å². The normalized spacial score (nSPS) is 17.2. The first kappa shape index (κ1) is 14.5. The fraction of sp³-hybridized carbons (Fsp3) is 0.647. The molecule has 1 atom stereocenters. The van der Waals surface area contributed by atoms with Crippen molar-refractivity contribution in [3.05, 3.63) is 35.4 Å². The van der Waals surface area contributed by atoms with Crippen LogP contribution in [-0.2, 0) is 11.2 Å². The molecule has 1 aromatic rings. The molecule has 1 aliphatic rings. The maximum Gasteiger partial charge on any atom is 0.0659 e. The smallest absolute Gasteiger partial charge is 0.0659 e. The largest absolute Gasteiger partial charge is 0.379 e. The van der Waals surface area contributed by atoms with Crippen LogP contribution >= 0.6 is 0 Å². The van der Waals surface area contributed by atoms with Crippen LogP contribution in [0, 0.1) is 5.92 Å².